The van der Waals surface area contributed by atoms with E-state index in [-0.39, 0.29) is 5.91 Å². The molecule has 1 saturated carbocycles. The van der Waals surface area contributed by atoms with Gasteiger partial charge in [0.05, 0.1) is 18.8 Å². The second-order valence-electron chi connectivity index (χ2n) is 9.53. The fraction of sp³-hybridized carbons (Fsp3) is 0.500. The van der Waals surface area contributed by atoms with Crippen molar-refractivity contribution in [3.63, 3.8) is 0 Å². The summed E-state index contributed by atoms with van der Waals surface area (Å²) in [6, 6.07) is 5.70. The number of benzene rings is 1. The highest BCUT2D eigenvalue weighted by molar-refractivity contribution is 6.07. The zero-order valence-corrected chi connectivity index (χ0v) is 18.9. The van der Waals surface area contributed by atoms with Crippen LogP contribution in [0.25, 0.3) is 10.9 Å². The number of halogens is 3. The number of rotatable bonds is 7. The van der Waals surface area contributed by atoms with Crippen molar-refractivity contribution in [2.45, 2.75) is 25.4 Å². The summed E-state index contributed by atoms with van der Waals surface area (Å²) < 4.78 is 45.6. The largest absolute Gasteiger partial charge is 0.494 e. The van der Waals surface area contributed by atoms with E-state index in [0.29, 0.717) is 54.7 Å². The molecular formula is C24H28F3N5O2. The van der Waals surface area contributed by atoms with E-state index < -0.39 is 12.7 Å². The number of imidazole rings is 1. The Balaban J connectivity index is 1.13. The standard InChI is InChI=1S/C24H28F3N5O2/c1-31-6-5-28-22(31)23(33)30-21-11-29-20-3-2-18(10-19(20)21)34-7-4-15-8-16-12-32(13-17(16)9-15)14-24(25,26)27/h2-3,5-6,10-11,15-17,29H,4,7-9,12-14H2,1H3,(H,30,33)/t15?,16-,17+. The number of aryl methyl sites for hydroxylation is 1. The molecule has 2 N–H and O–H groups in total. The van der Waals surface area contributed by atoms with E-state index in [2.05, 4.69) is 15.3 Å². The lowest BCUT2D eigenvalue weighted by Gasteiger charge is -2.20. The van der Waals surface area contributed by atoms with Crippen LogP contribution in [0.1, 0.15) is 29.9 Å². The number of hydrogen-bond acceptors (Lipinski definition) is 4. The summed E-state index contributed by atoms with van der Waals surface area (Å²) in [4.78, 5) is 21.3. The smallest absolute Gasteiger partial charge is 0.401 e. The van der Waals surface area contributed by atoms with Crippen LogP contribution in [0.4, 0.5) is 18.9 Å². The van der Waals surface area contributed by atoms with Crippen molar-refractivity contribution < 1.29 is 22.7 Å². The van der Waals surface area contributed by atoms with E-state index >= 15 is 0 Å². The molecule has 0 radical (unpaired) electrons. The minimum atomic E-state index is -4.12. The number of ether oxygens (including phenoxy) is 1. The molecule has 10 heteroatoms. The number of nitrogens with zero attached hydrogens (tertiary/aromatic N) is 3. The summed E-state index contributed by atoms with van der Waals surface area (Å²) in [7, 11) is 1.76. The Bertz CT molecular complexity index is 1160. The van der Waals surface area contributed by atoms with Gasteiger partial charge >= 0.3 is 6.18 Å². The van der Waals surface area contributed by atoms with Crippen molar-refractivity contribution in [3.8, 4) is 5.75 Å². The van der Waals surface area contributed by atoms with Crippen molar-refractivity contribution >= 4 is 22.5 Å². The number of amides is 1. The first kappa shape index (κ1) is 22.8. The predicted molar refractivity (Wildman–Crippen MR) is 122 cm³/mol. The lowest BCUT2D eigenvalue weighted by molar-refractivity contribution is -0.144. The van der Waals surface area contributed by atoms with E-state index in [1.807, 2.05) is 18.2 Å². The highest BCUT2D eigenvalue weighted by atomic mass is 19.4. The molecule has 182 valence electrons. The molecule has 7 nitrogen and oxygen atoms in total. The molecule has 1 unspecified atom stereocenters. The summed E-state index contributed by atoms with van der Waals surface area (Å²) in [5.41, 5.74) is 1.54. The van der Waals surface area contributed by atoms with E-state index in [1.165, 1.54) is 0 Å². The summed E-state index contributed by atoms with van der Waals surface area (Å²) in [6.07, 6.45) is 3.76. The van der Waals surface area contributed by atoms with Gasteiger partial charge in [-0.3, -0.25) is 9.69 Å². The number of alkyl halides is 3. The molecule has 5 rings (SSSR count). The van der Waals surface area contributed by atoms with Gasteiger partial charge in [-0.05, 0) is 55.2 Å². The second-order valence-corrected chi connectivity index (χ2v) is 9.53. The van der Waals surface area contributed by atoms with Crippen LogP contribution in [0.5, 0.6) is 5.75 Å². The highest BCUT2D eigenvalue weighted by Crippen LogP contribution is 2.43. The third kappa shape index (κ3) is 4.91. The molecule has 2 aliphatic rings. The average Bonchev–Trinajstić information content (AvgIpc) is 3.51. The second kappa shape index (κ2) is 8.98. The van der Waals surface area contributed by atoms with Gasteiger partial charge in [0.2, 0.25) is 0 Å². The summed E-state index contributed by atoms with van der Waals surface area (Å²) in [5.74, 6) is 1.98. The van der Waals surface area contributed by atoms with Crippen LogP contribution in [-0.2, 0) is 7.05 Å². The minimum absolute atomic E-state index is 0.291. The summed E-state index contributed by atoms with van der Waals surface area (Å²) >= 11 is 0. The van der Waals surface area contributed by atoms with Gasteiger partial charge < -0.3 is 19.6 Å². The van der Waals surface area contributed by atoms with Crippen molar-refractivity contribution in [3.05, 3.63) is 42.6 Å². The fourth-order valence-electron chi connectivity index (χ4n) is 5.54. The number of nitrogens with one attached hydrogen (secondary N) is 2. The van der Waals surface area contributed by atoms with Gasteiger partial charge in [0, 0.05) is 49.6 Å². The van der Waals surface area contributed by atoms with Crippen LogP contribution in [-0.4, -0.2) is 57.8 Å². The Morgan fingerprint density at radius 2 is 2.03 bits per heavy atom. The first-order valence-corrected chi connectivity index (χ1v) is 11.6. The van der Waals surface area contributed by atoms with Gasteiger partial charge in [-0.15, -0.1) is 0 Å². The molecule has 3 aromatic rings. The quantitative estimate of drug-likeness (QED) is 0.530. The molecule has 3 atom stereocenters. The topological polar surface area (TPSA) is 75.2 Å². The SMILES string of the molecule is Cn1ccnc1C(=O)Nc1c[nH]c2ccc(OCCC3C[C@@H]4CN(CC(F)(F)F)C[C@@H]4C3)cc12. The highest BCUT2D eigenvalue weighted by Gasteiger charge is 2.43. The van der Waals surface area contributed by atoms with Gasteiger partial charge in [-0.1, -0.05) is 0 Å². The van der Waals surface area contributed by atoms with Crippen molar-refractivity contribution in [1.29, 1.82) is 0 Å². The van der Waals surface area contributed by atoms with Gasteiger partial charge in [0.15, 0.2) is 5.82 Å². The van der Waals surface area contributed by atoms with E-state index in [4.69, 9.17) is 4.74 Å². The Kier molecular flexibility index (Phi) is 6.01. The Morgan fingerprint density at radius 1 is 1.26 bits per heavy atom. The maximum atomic E-state index is 12.6. The molecule has 34 heavy (non-hydrogen) atoms. The number of carbonyl (C=O) groups is 1. The van der Waals surface area contributed by atoms with Crippen molar-refractivity contribution in [1.82, 2.24) is 19.4 Å². The Hall–Kier alpha value is -3.01. The van der Waals surface area contributed by atoms with Crippen molar-refractivity contribution in [2.24, 2.45) is 24.8 Å². The van der Waals surface area contributed by atoms with E-state index in [9.17, 15) is 18.0 Å². The van der Waals surface area contributed by atoms with Crippen LogP contribution >= 0.6 is 0 Å². The van der Waals surface area contributed by atoms with Crippen LogP contribution in [0.2, 0.25) is 0 Å². The molecule has 1 aromatic carbocycles. The fourth-order valence-corrected chi connectivity index (χ4v) is 5.54. The molecule has 3 heterocycles. The molecule has 0 bridgehead atoms. The number of aromatic nitrogens is 3. The first-order chi connectivity index (χ1) is 16.2. The number of anilines is 1. The lowest BCUT2D eigenvalue weighted by Crippen LogP contribution is -2.33. The van der Waals surface area contributed by atoms with Gasteiger partial charge in [-0.25, -0.2) is 4.98 Å². The third-order valence-corrected chi connectivity index (χ3v) is 7.05. The molecule has 1 amide bonds. The molecule has 1 aliphatic carbocycles. The van der Waals surface area contributed by atoms with Gasteiger partial charge in [0.25, 0.3) is 5.91 Å². The van der Waals surface area contributed by atoms with Crippen molar-refractivity contribution in [2.75, 3.05) is 31.6 Å². The molecular weight excluding hydrogens is 447 g/mol. The Morgan fingerprint density at radius 3 is 2.71 bits per heavy atom. The molecule has 1 saturated heterocycles. The van der Waals surface area contributed by atoms with Crippen LogP contribution in [0, 0.1) is 17.8 Å². The zero-order chi connectivity index (χ0) is 23.9. The number of carbonyl (C=O) groups excluding carboxylic acids is 1. The summed E-state index contributed by atoms with van der Waals surface area (Å²) in [6.45, 7) is 0.873. The number of H-pyrrole nitrogens is 1. The third-order valence-electron chi connectivity index (χ3n) is 7.05. The maximum absolute atomic E-state index is 12.6. The number of aromatic amines is 1. The lowest BCUT2D eigenvalue weighted by atomic mass is 10.0. The van der Waals surface area contributed by atoms with Crippen LogP contribution in [0.3, 0.4) is 0 Å². The number of fused-ring (bicyclic) bond motifs is 2. The minimum Gasteiger partial charge on any atom is -0.494 e. The first-order valence-electron chi connectivity index (χ1n) is 11.6. The van der Waals surface area contributed by atoms with Crippen LogP contribution in [0.15, 0.2) is 36.8 Å². The van der Waals surface area contributed by atoms with Crippen LogP contribution < -0.4 is 10.1 Å². The Labute approximate surface area is 195 Å². The number of hydrogen-bond donors (Lipinski definition) is 2. The zero-order valence-electron chi connectivity index (χ0n) is 18.9. The normalized spacial score (nSPS) is 22.9. The molecule has 2 fully saturated rings. The maximum Gasteiger partial charge on any atom is 0.401 e. The molecule has 2 aromatic heterocycles. The van der Waals surface area contributed by atoms with E-state index in [0.717, 1.165) is 30.2 Å². The molecule has 1 aliphatic heterocycles. The summed E-state index contributed by atoms with van der Waals surface area (Å²) in [5, 5.41) is 3.74. The predicted octanol–water partition coefficient (Wildman–Crippen LogP) is 4.44. The van der Waals surface area contributed by atoms with E-state index in [1.54, 1.807) is 35.1 Å². The number of likely N-dealkylation sites (tertiary alicyclic amines) is 1. The average molecular weight is 476 g/mol. The molecule has 0 spiro atoms. The monoisotopic (exact) mass is 475 g/mol. The van der Waals surface area contributed by atoms with Gasteiger partial charge in [-0.2, -0.15) is 13.2 Å². The van der Waals surface area contributed by atoms with Gasteiger partial charge in [0.1, 0.15) is 5.75 Å².